The van der Waals surface area contributed by atoms with E-state index in [4.69, 9.17) is 4.52 Å². The number of carbonyl (C=O) groups is 1. The molecule has 2 aromatic heterocycles. The number of nitrogens with one attached hydrogen (secondary N) is 1. The number of carbonyl (C=O) groups excluding carboxylic acids is 1. The average Bonchev–Trinajstić information content (AvgIpc) is 3.28. The average molecular weight is 366 g/mol. The number of amides is 1. The number of aromatic nitrogens is 2. The molecule has 0 saturated heterocycles. The van der Waals surface area contributed by atoms with Gasteiger partial charge in [0.2, 0.25) is 0 Å². The Hall–Kier alpha value is -3.59. The van der Waals surface area contributed by atoms with Gasteiger partial charge in [-0.2, -0.15) is 0 Å². The van der Waals surface area contributed by atoms with Gasteiger partial charge in [0.1, 0.15) is 0 Å². The second kappa shape index (κ2) is 6.37. The van der Waals surface area contributed by atoms with Crippen molar-refractivity contribution in [3.8, 4) is 11.3 Å². The zero-order chi connectivity index (χ0) is 18.1. The van der Waals surface area contributed by atoms with Crippen molar-refractivity contribution < 1.29 is 14.2 Å². The van der Waals surface area contributed by atoms with Crippen LogP contribution in [0.1, 0.15) is 10.5 Å². The Kier molecular flexibility index (Phi) is 3.90. The van der Waals surface area contributed by atoms with Crippen LogP contribution in [-0.2, 0) is 0 Å². The third-order valence-corrected chi connectivity index (χ3v) is 4.54. The smallest absolute Gasteiger partial charge is 0.279 e. The summed E-state index contributed by atoms with van der Waals surface area (Å²) < 4.78 is 5.82. The van der Waals surface area contributed by atoms with Gasteiger partial charge in [0, 0.05) is 23.8 Å². The highest BCUT2D eigenvalue weighted by molar-refractivity contribution is 7.22. The second-order valence-corrected chi connectivity index (χ2v) is 6.36. The lowest BCUT2D eigenvalue weighted by Gasteiger charge is -1.95. The van der Waals surface area contributed by atoms with E-state index in [1.807, 2.05) is 30.3 Å². The molecule has 1 amide bonds. The molecule has 0 aliphatic carbocycles. The molecule has 8 nitrogen and oxygen atoms in total. The summed E-state index contributed by atoms with van der Waals surface area (Å²) in [5, 5.41) is 17.6. The molecule has 0 fully saturated rings. The zero-order valence-electron chi connectivity index (χ0n) is 13.1. The summed E-state index contributed by atoms with van der Waals surface area (Å²) >= 11 is 1.15. The highest BCUT2D eigenvalue weighted by Crippen LogP contribution is 2.29. The van der Waals surface area contributed by atoms with Gasteiger partial charge in [-0.05, 0) is 6.07 Å². The van der Waals surface area contributed by atoms with Gasteiger partial charge < -0.3 is 4.52 Å². The molecule has 0 spiro atoms. The van der Waals surface area contributed by atoms with E-state index in [1.165, 1.54) is 12.1 Å². The summed E-state index contributed by atoms with van der Waals surface area (Å²) in [6.45, 7) is 0. The molecule has 128 valence electrons. The van der Waals surface area contributed by atoms with E-state index >= 15 is 0 Å². The fraction of sp³-hybridized carbons (Fsp3) is 0. The molecule has 1 N–H and O–H groups in total. The van der Waals surface area contributed by atoms with Crippen LogP contribution in [0, 0.1) is 10.1 Å². The first-order valence-electron chi connectivity index (χ1n) is 7.48. The summed E-state index contributed by atoms with van der Waals surface area (Å²) in [6, 6.07) is 15.2. The molecule has 2 heterocycles. The number of benzene rings is 2. The fourth-order valence-electron chi connectivity index (χ4n) is 2.36. The van der Waals surface area contributed by atoms with Gasteiger partial charge in [0.05, 0.1) is 15.1 Å². The van der Waals surface area contributed by atoms with Crippen LogP contribution in [-0.4, -0.2) is 21.0 Å². The van der Waals surface area contributed by atoms with Gasteiger partial charge in [-0.25, -0.2) is 4.98 Å². The number of fused-ring (bicyclic) bond motifs is 1. The van der Waals surface area contributed by atoms with Crippen molar-refractivity contribution in [1.82, 2.24) is 10.1 Å². The van der Waals surface area contributed by atoms with Crippen LogP contribution in [0.15, 0.2) is 59.1 Å². The molecule has 0 saturated carbocycles. The van der Waals surface area contributed by atoms with Crippen LogP contribution in [0.25, 0.3) is 21.5 Å². The predicted molar refractivity (Wildman–Crippen MR) is 96.2 cm³/mol. The first-order chi connectivity index (χ1) is 12.6. The Morgan fingerprint density at radius 3 is 2.73 bits per heavy atom. The molecule has 4 rings (SSSR count). The van der Waals surface area contributed by atoms with Crippen molar-refractivity contribution in [1.29, 1.82) is 0 Å². The summed E-state index contributed by atoms with van der Waals surface area (Å²) in [5.41, 5.74) is 1.48. The lowest BCUT2D eigenvalue weighted by atomic mass is 10.1. The molecule has 0 aliphatic rings. The third kappa shape index (κ3) is 3.03. The summed E-state index contributed by atoms with van der Waals surface area (Å²) in [4.78, 5) is 26.9. The molecule has 26 heavy (non-hydrogen) atoms. The van der Waals surface area contributed by atoms with E-state index in [1.54, 1.807) is 12.1 Å². The Morgan fingerprint density at radius 2 is 1.96 bits per heavy atom. The van der Waals surface area contributed by atoms with Gasteiger partial charge in [-0.15, -0.1) is 0 Å². The Morgan fingerprint density at radius 1 is 1.15 bits per heavy atom. The van der Waals surface area contributed by atoms with Crippen molar-refractivity contribution in [3.63, 3.8) is 0 Å². The summed E-state index contributed by atoms with van der Waals surface area (Å²) in [5.74, 6) is 0.0140. The molecule has 2 aromatic carbocycles. The number of anilines is 1. The van der Waals surface area contributed by atoms with E-state index in [9.17, 15) is 14.9 Å². The maximum Gasteiger partial charge on any atom is 0.279 e. The van der Waals surface area contributed by atoms with Crippen molar-refractivity contribution in [3.05, 3.63) is 70.4 Å². The zero-order valence-corrected chi connectivity index (χ0v) is 13.9. The highest BCUT2D eigenvalue weighted by Gasteiger charge is 2.16. The molecular weight excluding hydrogens is 356 g/mol. The van der Waals surface area contributed by atoms with Gasteiger partial charge in [0.15, 0.2) is 16.6 Å². The summed E-state index contributed by atoms with van der Waals surface area (Å²) in [7, 11) is 0. The third-order valence-electron chi connectivity index (χ3n) is 3.60. The molecule has 0 atom stereocenters. The largest absolute Gasteiger partial charge is 0.355 e. The number of hydrogen-bond donors (Lipinski definition) is 1. The number of nitro groups is 1. The highest BCUT2D eigenvalue weighted by atomic mass is 32.1. The Bertz CT molecular complexity index is 1120. The second-order valence-electron chi connectivity index (χ2n) is 5.32. The van der Waals surface area contributed by atoms with Crippen LogP contribution in [0.3, 0.4) is 0 Å². The van der Waals surface area contributed by atoms with Gasteiger partial charge in [-0.3, -0.25) is 20.2 Å². The van der Waals surface area contributed by atoms with Crippen molar-refractivity contribution in [2.24, 2.45) is 0 Å². The Labute approximate surface area is 150 Å². The normalized spacial score (nSPS) is 10.8. The quantitative estimate of drug-likeness (QED) is 0.430. The molecule has 0 aliphatic heterocycles. The van der Waals surface area contributed by atoms with Crippen molar-refractivity contribution in [2.75, 3.05) is 5.32 Å². The fourth-order valence-corrected chi connectivity index (χ4v) is 3.26. The number of non-ortho nitro benzene ring substituents is 1. The molecule has 0 bridgehead atoms. The molecule has 4 aromatic rings. The molecular formula is C17H10N4O4S. The van der Waals surface area contributed by atoms with Crippen LogP contribution in [0.2, 0.25) is 0 Å². The van der Waals surface area contributed by atoms with E-state index in [2.05, 4.69) is 15.5 Å². The van der Waals surface area contributed by atoms with Gasteiger partial charge >= 0.3 is 0 Å². The SMILES string of the molecule is O=C(Nc1nc2ccc([N+](=O)[O-])cc2s1)c1cc(-c2ccccc2)on1. The standard InChI is InChI=1S/C17H10N4O4S/c22-16(13-9-14(25-20-13)10-4-2-1-3-5-10)19-17-18-12-7-6-11(21(23)24)8-15(12)26-17/h1-9H,(H,18,19,22). The number of rotatable bonds is 4. The summed E-state index contributed by atoms with van der Waals surface area (Å²) in [6.07, 6.45) is 0. The lowest BCUT2D eigenvalue weighted by molar-refractivity contribution is -0.384. The molecule has 9 heteroatoms. The van der Waals surface area contributed by atoms with Gasteiger partial charge in [0.25, 0.3) is 11.6 Å². The topological polar surface area (TPSA) is 111 Å². The predicted octanol–water partition coefficient (Wildman–Crippen LogP) is 4.11. The van der Waals surface area contributed by atoms with Crippen LogP contribution in [0.5, 0.6) is 0 Å². The number of thiazole rings is 1. The van der Waals surface area contributed by atoms with E-state index in [0.29, 0.717) is 21.1 Å². The lowest BCUT2D eigenvalue weighted by Crippen LogP contribution is -2.11. The number of hydrogen-bond acceptors (Lipinski definition) is 7. The molecule has 0 unspecified atom stereocenters. The van der Waals surface area contributed by atoms with E-state index < -0.39 is 10.8 Å². The van der Waals surface area contributed by atoms with Crippen LogP contribution in [0.4, 0.5) is 10.8 Å². The number of nitrogens with zero attached hydrogens (tertiary/aromatic N) is 3. The maximum absolute atomic E-state index is 12.3. The van der Waals surface area contributed by atoms with Gasteiger partial charge in [-0.1, -0.05) is 46.8 Å². The number of nitro benzene ring substituents is 1. The van der Waals surface area contributed by atoms with E-state index in [0.717, 1.165) is 16.9 Å². The molecule has 0 radical (unpaired) electrons. The maximum atomic E-state index is 12.3. The minimum Gasteiger partial charge on any atom is -0.355 e. The first-order valence-corrected chi connectivity index (χ1v) is 8.30. The first kappa shape index (κ1) is 15.9. The van der Waals surface area contributed by atoms with Crippen LogP contribution >= 0.6 is 11.3 Å². The van der Waals surface area contributed by atoms with E-state index in [-0.39, 0.29) is 11.4 Å². The monoisotopic (exact) mass is 366 g/mol. The van der Waals surface area contributed by atoms with Crippen molar-refractivity contribution in [2.45, 2.75) is 0 Å². The minimum atomic E-state index is -0.474. The van der Waals surface area contributed by atoms with Crippen molar-refractivity contribution >= 4 is 38.3 Å². The Balaban J connectivity index is 1.56. The van der Waals surface area contributed by atoms with Crippen LogP contribution < -0.4 is 5.32 Å². The minimum absolute atomic E-state index is 0.0250.